The van der Waals surface area contributed by atoms with Crippen LogP contribution in [0.4, 0.5) is 0 Å². The van der Waals surface area contributed by atoms with Gasteiger partial charge in [0, 0.05) is 38.9 Å². The standard InChI is InChI=1S/C10H19N5O2S/c16-18(17,10-8-12-13-9-10)14-2-1-5-15-6-3-11-4-7-15/h8-9,11,14H,1-7H2,(H,12,13). The summed E-state index contributed by atoms with van der Waals surface area (Å²) >= 11 is 0. The first-order valence-corrected chi connectivity index (χ1v) is 7.58. The molecule has 102 valence electrons. The summed E-state index contributed by atoms with van der Waals surface area (Å²) in [4.78, 5) is 2.52. The molecule has 0 radical (unpaired) electrons. The van der Waals surface area contributed by atoms with E-state index < -0.39 is 10.0 Å². The summed E-state index contributed by atoms with van der Waals surface area (Å²) in [6.45, 7) is 5.48. The second kappa shape index (κ2) is 6.28. The molecule has 18 heavy (non-hydrogen) atoms. The number of aromatic amines is 1. The molecule has 0 amide bonds. The van der Waals surface area contributed by atoms with Gasteiger partial charge in [-0.25, -0.2) is 13.1 Å². The maximum absolute atomic E-state index is 11.7. The van der Waals surface area contributed by atoms with E-state index in [9.17, 15) is 8.42 Å². The summed E-state index contributed by atoms with van der Waals surface area (Å²) in [5, 5.41) is 9.41. The second-order valence-electron chi connectivity index (χ2n) is 4.28. The van der Waals surface area contributed by atoms with Crippen LogP contribution in [0.2, 0.25) is 0 Å². The lowest BCUT2D eigenvalue weighted by molar-refractivity contribution is 0.239. The smallest absolute Gasteiger partial charge is 0.243 e. The monoisotopic (exact) mass is 273 g/mol. The van der Waals surface area contributed by atoms with Crippen molar-refractivity contribution in [2.45, 2.75) is 11.3 Å². The Morgan fingerprint density at radius 1 is 1.39 bits per heavy atom. The Balaban J connectivity index is 1.69. The van der Waals surface area contributed by atoms with E-state index in [2.05, 4.69) is 25.1 Å². The number of nitrogens with one attached hydrogen (secondary N) is 3. The van der Waals surface area contributed by atoms with Crippen LogP contribution in [0, 0.1) is 0 Å². The number of hydrogen-bond donors (Lipinski definition) is 3. The average molecular weight is 273 g/mol. The number of hydrogen-bond acceptors (Lipinski definition) is 5. The Morgan fingerprint density at radius 3 is 2.83 bits per heavy atom. The molecule has 2 rings (SSSR count). The molecule has 1 fully saturated rings. The maximum atomic E-state index is 11.7. The molecule has 2 heterocycles. The molecule has 0 bridgehead atoms. The highest BCUT2D eigenvalue weighted by Gasteiger charge is 2.14. The lowest BCUT2D eigenvalue weighted by Crippen LogP contribution is -2.44. The van der Waals surface area contributed by atoms with Crippen LogP contribution in [0.5, 0.6) is 0 Å². The van der Waals surface area contributed by atoms with Crippen LogP contribution in [0.25, 0.3) is 0 Å². The molecular formula is C10H19N5O2S. The fourth-order valence-electron chi connectivity index (χ4n) is 1.91. The van der Waals surface area contributed by atoms with Crippen LogP contribution in [0.3, 0.4) is 0 Å². The maximum Gasteiger partial charge on any atom is 0.243 e. The summed E-state index contributed by atoms with van der Waals surface area (Å²) in [6.07, 6.45) is 3.49. The van der Waals surface area contributed by atoms with Gasteiger partial charge in [0.15, 0.2) is 0 Å². The quantitative estimate of drug-likeness (QED) is 0.577. The molecule has 0 atom stereocenters. The van der Waals surface area contributed by atoms with Crippen molar-refractivity contribution in [1.82, 2.24) is 25.1 Å². The first-order valence-electron chi connectivity index (χ1n) is 6.10. The van der Waals surface area contributed by atoms with Crippen LogP contribution < -0.4 is 10.0 Å². The fraction of sp³-hybridized carbons (Fsp3) is 0.700. The molecule has 1 aliphatic heterocycles. The van der Waals surface area contributed by atoms with Gasteiger partial charge in [0.2, 0.25) is 10.0 Å². The molecule has 8 heteroatoms. The van der Waals surface area contributed by atoms with Crippen molar-refractivity contribution in [3.05, 3.63) is 12.4 Å². The van der Waals surface area contributed by atoms with E-state index in [0.29, 0.717) is 6.54 Å². The number of sulfonamides is 1. The zero-order valence-electron chi connectivity index (χ0n) is 10.2. The van der Waals surface area contributed by atoms with Gasteiger partial charge in [-0.15, -0.1) is 0 Å². The van der Waals surface area contributed by atoms with Gasteiger partial charge < -0.3 is 10.2 Å². The van der Waals surface area contributed by atoms with Gasteiger partial charge in [-0.2, -0.15) is 5.10 Å². The van der Waals surface area contributed by atoms with Crippen LogP contribution >= 0.6 is 0 Å². The third kappa shape index (κ3) is 3.77. The Morgan fingerprint density at radius 2 is 2.17 bits per heavy atom. The summed E-state index contributed by atoms with van der Waals surface area (Å²) < 4.78 is 26.1. The predicted octanol–water partition coefficient (Wildman–Crippen LogP) is -1.02. The van der Waals surface area contributed by atoms with Gasteiger partial charge in [0.05, 0.1) is 6.20 Å². The van der Waals surface area contributed by atoms with E-state index in [1.54, 1.807) is 0 Å². The highest BCUT2D eigenvalue weighted by atomic mass is 32.2. The zero-order chi connectivity index (χ0) is 12.8. The van der Waals surface area contributed by atoms with E-state index in [1.165, 1.54) is 12.4 Å². The first-order chi connectivity index (χ1) is 8.68. The largest absolute Gasteiger partial charge is 0.314 e. The Labute approximate surface area is 107 Å². The zero-order valence-corrected chi connectivity index (χ0v) is 11.0. The van der Waals surface area contributed by atoms with Crippen LogP contribution in [0.1, 0.15) is 6.42 Å². The third-order valence-corrected chi connectivity index (χ3v) is 4.36. The molecule has 0 unspecified atom stereocenters. The molecule has 1 aliphatic rings. The molecule has 0 spiro atoms. The summed E-state index contributed by atoms with van der Waals surface area (Å²) in [7, 11) is -3.39. The van der Waals surface area contributed by atoms with Crippen molar-refractivity contribution in [3.63, 3.8) is 0 Å². The predicted molar refractivity (Wildman–Crippen MR) is 67.7 cm³/mol. The number of nitrogens with zero attached hydrogens (tertiary/aromatic N) is 2. The molecule has 0 saturated carbocycles. The highest BCUT2D eigenvalue weighted by Crippen LogP contribution is 2.04. The van der Waals surface area contributed by atoms with Gasteiger partial charge in [0.25, 0.3) is 0 Å². The Kier molecular flexibility index (Phi) is 4.70. The summed E-state index contributed by atoms with van der Waals surface area (Å²) in [5.41, 5.74) is 0. The van der Waals surface area contributed by atoms with E-state index in [4.69, 9.17) is 0 Å². The lowest BCUT2D eigenvalue weighted by atomic mass is 10.3. The number of H-pyrrole nitrogens is 1. The Hall–Kier alpha value is -0.960. The summed E-state index contributed by atoms with van der Waals surface area (Å²) in [5.74, 6) is 0. The highest BCUT2D eigenvalue weighted by molar-refractivity contribution is 7.89. The molecule has 0 aliphatic carbocycles. The van der Waals surface area contributed by atoms with Crippen molar-refractivity contribution >= 4 is 10.0 Å². The van der Waals surface area contributed by atoms with Crippen molar-refractivity contribution in [3.8, 4) is 0 Å². The minimum Gasteiger partial charge on any atom is -0.314 e. The van der Waals surface area contributed by atoms with Gasteiger partial charge in [-0.1, -0.05) is 0 Å². The molecule has 1 saturated heterocycles. The molecule has 7 nitrogen and oxygen atoms in total. The molecule has 1 aromatic rings. The Bertz CT molecular complexity index is 439. The van der Waals surface area contributed by atoms with Gasteiger partial charge in [0.1, 0.15) is 4.90 Å². The minimum atomic E-state index is -3.39. The number of rotatable bonds is 6. The van der Waals surface area contributed by atoms with Crippen LogP contribution in [-0.4, -0.2) is 62.8 Å². The fourth-order valence-corrected chi connectivity index (χ4v) is 2.89. The average Bonchev–Trinajstić information content (AvgIpc) is 2.91. The molecular weight excluding hydrogens is 254 g/mol. The van der Waals surface area contributed by atoms with Crippen LogP contribution in [-0.2, 0) is 10.0 Å². The van der Waals surface area contributed by atoms with Crippen molar-refractivity contribution < 1.29 is 8.42 Å². The normalized spacial score (nSPS) is 18.0. The van der Waals surface area contributed by atoms with Crippen LogP contribution in [0.15, 0.2) is 17.3 Å². The van der Waals surface area contributed by atoms with Gasteiger partial charge in [-0.05, 0) is 13.0 Å². The van der Waals surface area contributed by atoms with Crippen molar-refractivity contribution in [1.29, 1.82) is 0 Å². The molecule has 1 aromatic heterocycles. The first kappa shape index (κ1) is 13.5. The lowest BCUT2D eigenvalue weighted by Gasteiger charge is -2.26. The third-order valence-electron chi connectivity index (χ3n) is 2.94. The van der Waals surface area contributed by atoms with Crippen molar-refractivity contribution in [2.24, 2.45) is 0 Å². The SMILES string of the molecule is O=S(=O)(NCCCN1CCNCC1)c1cn[nH]c1. The van der Waals surface area contributed by atoms with Gasteiger partial charge >= 0.3 is 0 Å². The number of aromatic nitrogens is 2. The van der Waals surface area contributed by atoms with E-state index in [-0.39, 0.29) is 4.90 Å². The van der Waals surface area contributed by atoms with Gasteiger partial charge in [-0.3, -0.25) is 5.10 Å². The van der Waals surface area contributed by atoms with E-state index >= 15 is 0 Å². The second-order valence-corrected chi connectivity index (χ2v) is 6.04. The number of piperazine rings is 1. The summed E-state index contributed by atoms with van der Waals surface area (Å²) in [6, 6.07) is 0. The minimum absolute atomic E-state index is 0.185. The topological polar surface area (TPSA) is 90.1 Å². The van der Waals surface area contributed by atoms with E-state index in [1.807, 2.05) is 0 Å². The molecule has 3 N–H and O–H groups in total. The van der Waals surface area contributed by atoms with E-state index in [0.717, 1.165) is 39.1 Å². The van der Waals surface area contributed by atoms with Crippen molar-refractivity contribution in [2.75, 3.05) is 39.3 Å². The molecule has 0 aromatic carbocycles.